The van der Waals surface area contributed by atoms with E-state index in [-0.39, 0.29) is 6.07 Å². The van der Waals surface area contributed by atoms with Gasteiger partial charge in [-0.3, -0.25) is 4.79 Å². The van der Waals surface area contributed by atoms with Crippen LogP contribution in [0.4, 0.5) is 26.3 Å². The molecule has 4 nitrogen and oxygen atoms in total. The summed E-state index contributed by atoms with van der Waals surface area (Å²) in [6.07, 6.45) is -5.21. The van der Waals surface area contributed by atoms with Gasteiger partial charge in [0, 0.05) is 5.56 Å². The number of carbonyl (C=O) groups excluding carboxylic acids is 1. The van der Waals surface area contributed by atoms with Crippen LogP contribution in [0.25, 0.3) is 0 Å². The van der Waals surface area contributed by atoms with Gasteiger partial charge in [-0.15, -0.1) is 0 Å². The molecule has 0 aliphatic heterocycles. The maximum absolute atomic E-state index is 12.7. The Balaban J connectivity index is 3.41. The van der Waals surface area contributed by atoms with Crippen molar-refractivity contribution in [2.75, 3.05) is 0 Å². The summed E-state index contributed by atoms with van der Waals surface area (Å²) in [6.45, 7) is 0.933. The normalized spacial score (nSPS) is 13.1. The fourth-order valence-electron chi connectivity index (χ4n) is 1.21. The maximum atomic E-state index is 12.7. The molecule has 0 N–H and O–H groups in total. The number of halogens is 6. The lowest BCUT2D eigenvalue weighted by atomic mass is 10.1. The number of benzene rings is 1. The molecule has 11 heteroatoms. The van der Waals surface area contributed by atoms with Crippen LogP contribution in [0.5, 0.6) is 5.75 Å². The zero-order chi connectivity index (χ0) is 16.6. The van der Waals surface area contributed by atoms with Crippen molar-refractivity contribution < 1.29 is 43.7 Å². The van der Waals surface area contributed by atoms with Crippen LogP contribution >= 0.6 is 0 Å². The Morgan fingerprint density at radius 2 is 1.62 bits per heavy atom. The Morgan fingerprint density at radius 1 is 1.10 bits per heavy atom. The van der Waals surface area contributed by atoms with Crippen LogP contribution in [0.15, 0.2) is 18.2 Å². The van der Waals surface area contributed by atoms with E-state index in [2.05, 4.69) is 4.18 Å². The third kappa shape index (κ3) is 3.86. The SMILES string of the molecule is CC(=O)c1ccc(OS(=O)(=O)C(F)(F)F)c(C(F)(F)F)c1. The molecule has 0 heterocycles. The maximum Gasteiger partial charge on any atom is 0.534 e. The molecule has 0 amide bonds. The van der Waals surface area contributed by atoms with E-state index in [1.54, 1.807) is 0 Å². The van der Waals surface area contributed by atoms with Crippen molar-refractivity contribution in [2.45, 2.75) is 18.6 Å². The number of Topliss-reactive ketones (excluding diaryl/α,β-unsaturated/α-hetero) is 1. The first-order valence-corrected chi connectivity index (χ1v) is 6.39. The highest BCUT2D eigenvalue weighted by molar-refractivity contribution is 7.88. The summed E-state index contributed by atoms with van der Waals surface area (Å²) in [5.41, 5.74) is -8.14. The van der Waals surface area contributed by atoms with Gasteiger partial charge in [0.25, 0.3) is 0 Å². The highest BCUT2D eigenvalue weighted by Gasteiger charge is 2.49. The fourth-order valence-corrected chi connectivity index (χ4v) is 1.68. The second kappa shape index (κ2) is 5.20. The van der Waals surface area contributed by atoms with E-state index < -0.39 is 44.5 Å². The third-order valence-corrected chi connectivity index (χ3v) is 3.14. The summed E-state index contributed by atoms with van der Waals surface area (Å²) >= 11 is 0. The second-order valence-corrected chi connectivity index (χ2v) is 5.29. The first-order valence-electron chi connectivity index (χ1n) is 4.98. The molecule has 1 aromatic rings. The van der Waals surface area contributed by atoms with Crippen LogP contribution in [-0.2, 0) is 16.3 Å². The van der Waals surface area contributed by atoms with E-state index in [9.17, 15) is 39.6 Å². The number of ketones is 1. The molecule has 0 radical (unpaired) electrons. The molecule has 0 atom stereocenters. The molecule has 118 valence electrons. The smallest absolute Gasteiger partial charge is 0.375 e. The molecular formula is C10H6F6O4S. The van der Waals surface area contributed by atoms with Gasteiger partial charge in [-0.2, -0.15) is 34.8 Å². The monoisotopic (exact) mass is 336 g/mol. The van der Waals surface area contributed by atoms with Crippen molar-refractivity contribution >= 4 is 15.9 Å². The molecule has 0 fully saturated rings. The zero-order valence-corrected chi connectivity index (χ0v) is 10.9. The van der Waals surface area contributed by atoms with Gasteiger partial charge in [-0.05, 0) is 25.1 Å². The predicted octanol–water partition coefficient (Wildman–Crippen LogP) is 3.14. The molecule has 0 aliphatic carbocycles. The molecule has 0 aliphatic rings. The summed E-state index contributed by atoms with van der Waals surface area (Å²) in [5, 5.41) is 0. The quantitative estimate of drug-likeness (QED) is 0.368. The predicted molar refractivity (Wildman–Crippen MR) is 57.1 cm³/mol. The molecule has 1 aromatic carbocycles. The minimum absolute atomic E-state index is 0.212. The zero-order valence-electron chi connectivity index (χ0n) is 10.0. The largest absolute Gasteiger partial charge is 0.534 e. The minimum Gasteiger partial charge on any atom is -0.375 e. The highest BCUT2D eigenvalue weighted by Crippen LogP contribution is 2.39. The lowest BCUT2D eigenvalue weighted by Gasteiger charge is -2.15. The van der Waals surface area contributed by atoms with E-state index in [0.717, 1.165) is 13.0 Å². The molecule has 0 aromatic heterocycles. The van der Waals surface area contributed by atoms with Crippen LogP contribution < -0.4 is 4.18 Å². The minimum atomic E-state index is -6.25. The second-order valence-electron chi connectivity index (χ2n) is 3.75. The average Bonchev–Trinajstić information content (AvgIpc) is 2.25. The van der Waals surface area contributed by atoms with Gasteiger partial charge in [0.05, 0.1) is 5.56 Å². The molecule has 21 heavy (non-hydrogen) atoms. The van der Waals surface area contributed by atoms with E-state index in [0.29, 0.717) is 6.07 Å². The number of hydrogen-bond acceptors (Lipinski definition) is 4. The Hall–Kier alpha value is -1.78. The Bertz CT molecular complexity index is 659. The number of carbonyl (C=O) groups is 1. The van der Waals surface area contributed by atoms with Crippen LogP contribution in [0.3, 0.4) is 0 Å². The van der Waals surface area contributed by atoms with E-state index >= 15 is 0 Å². The number of alkyl halides is 6. The van der Waals surface area contributed by atoms with Crippen LogP contribution in [0.1, 0.15) is 22.8 Å². The Morgan fingerprint density at radius 3 is 2.00 bits per heavy atom. The summed E-state index contributed by atoms with van der Waals surface area (Å²) in [7, 11) is -6.25. The van der Waals surface area contributed by atoms with Gasteiger partial charge in [-0.25, -0.2) is 0 Å². The standard InChI is InChI=1S/C10H6F6O4S/c1-5(17)6-2-3-8(7(4-6)9(11,12)13)20-21(18,19)10(14,15)16/h2-4H,1H3. The van der Waals surface area contributed by atoms with Crippen LogP contribution in [-0.4, -0.2) is 19.7 Å². The van der Waals surface area contributed by atoms with Crippen molar-refractivity contribution in [1.29, 1.82) is 0 Å². The summed E-state index contributed by atoms with van der Waals surface area (Å²) in [6, 6.07) is 1.27. The van der Waals surface area contributed by atoms with Crippen molar-refractivity contribution in [3.05, 3.63) is 29.3 Å². The van der Waals surface area contributed by atoms with Gasteiger partial charge in [0.1, 0.15) is 0 Å². The molecule has 0 saturated carbocycles. The van der Waals surface area contributed by atoms with Gasteiger partial charge >= 0.3 is 21.8 Å². The molecule has 0 saturated heterocycles. The third-order valence-electron chi connectivity index (χ3n) is 2.17. The first-order chi connectivity index (χ1) is 9.25. The molecule has 0 bridgehead atoms. The van der Waals surface area contributed by atoms with Crippen molar-refractivity contribution in [3.63, 3.8) is 0 Å². The van der Waals surface area contributed by atoms with Crippen molar-refractivity contribution in [1.82, 2.24) is 0 Å². The highest BCUT2D eigenvalue weighted by atomic mass is 32.2. The lowest BCUT2D eigenvalue weighted by Crippen LogP contribution is -2.29. The van der Waals surface area contributed by atoms with Crippen molar-refractivity contribution in [3.8, 4) is 5.75 Å². The molecule has 0 spiro atoms. The van der Waals surface area contributed by atoms with Gasteiger partial charge in [-0.1, -0.05) is 0 Å². The van der Waals surface area contributed by atoms with E-state index in [1.807, 2.05) is 0 Å². The van der Waals surface area contributed by atoms with E-state index in [4.69, 9.17) is 0 Å². The summed E-state index contributed by atoms with van der Waals surface area (Å²) in [4.78, 5) is 11.0. The topological polar surface area (TPSA) is 60.4 Å². The number of rotatable bonds is 3. The summed E-state index contributed by atoms with van der Waals surface area (Å²) < 4.78 is 99.4. The Kier molecular flexibility index (Phi) is 4.28. The van der Waals surface area contributed by atoms with E-state index in [1.165, 1.54) is 0 Å². The van der Waals surface area contributed by atoms with Crippen LogP contribution in [0.2, 0.25) is 0 Å². The number of hydrogen-bond donors (Lipinski definition) is 0. The molecular weight excluding hydrogens is 330 g/mol. The van der Waals surface area contributed by atoms with Gasteiger partial charge < -0.3 is 4.18 Å². The van der Waals surface area contributed by atoms with Crippen molar-refractivity contribution in [2.24, 2.45) is 0 Å². The lowest BCUT2D eigenvalue weighted by molar-refractivity contribution is -0.138. The summed E-state index contributed by atoms with van der Waals surface area (Å²) in [5.74, 6) is -2.35. The Labute approximate surface area is 114 Å². The molecule has 1 rings (SSSR count). The van der Waals surface area contributed by atoms with Gasteiger partial charge in [0.15, 0.2) is 11.5 Å². The first kappa shape index (κ1) is 17.3. The molecule has 0 unspecified atom stereocenters. The van der Waals surface area contributed by atoms with Crippen LogP contribution in [0, 0.1) is 0 Å². The average molecular weight is 336 g/mol. The van der Waals surface area contributed by atoms with Gasteiger partial charge in [0.2, 0.25) is 0 Å². The fraction of sp³-hybridized carbons (Fsp3) is 0.300.